The Hall–Kier alpha value is -0.530. The molecule has 0 aliphatic carbocycles. The van der Waals surface area contributed by atoms with Gasteiger partial charge in [-0.25, -0.2) is 0 Å². The molecule has 0 aromatic rings. The van der Waals surface area contributed by atoms with E-state index in [1.807, 2.05) is 0 Å². The highest BCUT2D eigenvalue weighted by Gasteiger charge is 2.25. The number of hydrogen-bond donors (Lipinski definition) is 0. The van der Waals surface area contributed by atoms with Crippen LogP contribution in [-0.2, 0) is 0 Å². The Morgan fingerprint density at radius 1 is 0.654 bits per heavy atom. The van der Waals surface area contributed by atoms with E-state index in [1.54, 1.807) is 5.84 Å². The van der Waals surface area contributed by atoms with E-state index in [4.69, 9.17) is 0 Å². The molecular weight excluding hydrogens is 316 g/mol. The predicted octanol–water partition coefficient (Wildman–Crippen LogP) is 7.01. The van der Waals surface area contributed by atoms with Crippen LogP contribution in [0.15, 0.2) is 0 Å². The quantitative estimate of drug-likeness (QED) is 0.187. The van der Waals surface area contributed by atoms with Crippen molar-refractivity contribution in [1.29, 1.82) is 0 Å². The second kappa shape index (κ2) is 16.6. The second-order valence-electron chi connectivity index (χ2n) is 8.47. The lowest BCUT2D eigenvalue weighted by atomic mass is 10.1. The van der Waals surface area contributed by atoms with Crippen LogP contribution in [0.25, 0.3) is 0 Å². The summed E-state index contributed by atoms with van der Waals surface area (Å²) in [5, 5.41) is 0. The van der Waals surface area contributed by atoms with Gasteiger partial charge >= 0.3 is 0 Å². The predicted molar refractivity (Wildman–Crippen MR) is 117 cm³/mol. The summed E-state index contributed by atoms with van der Waals surface area (Å²) in [7, 11) is 0. The Labute approximate surface area is 165 Å². The Balaban J connectivity index is 2.00. The van der Waals surface area contributed by atoms with E-state index in [0.717, 1.165) is 0 Å². The summed E-state index contributed by atoms with van der Waals surface area (Å²) in [5.41, 5.74) is 0. The zero-order valence-corrected chi connectivity index (χ0v) is 18.5. The number of hydrogen-bond acceptors (Lipinski definition) is 1. The highest BCUT2D eigenvalue weighted by atomic mass is 15.3. The molecule has 0 spiro atoms. The molecule has 1 heterocycles. The smallest absolute Gasteiger partial charge is 0.243 e. The molecule has 0 N–H and O–H groups in total. The molecule has 0 radical (unpaired) electrons. The van der Waals surface area contributed by atoms with E-state index in [9.17, 15) is 0 Å². The van der Waals surface area contributed by atoms with Gasteiger partial charge in [-0.05, 0) is 25.7 Å². The molecule has 2 nitrogen and oxygen atoms in total. The van der Waals surface area contributed by atoms with Crippen LogP contribution in [0.5, 0.6) is 0 Å². The highest BCUT2D eigenvalue weighted by molar-refractivity contribution is 5.75. The molecule has 0 aromatic heterocycles. The van der Waals surface area contributed by atoms with Gasteiger partial charge in [0.05, 0.1) is 13.1 Å². The SMILES string of the molecule is CCCCCCCCCCN1CC[N+](CCCCCCCCCC)=C1C. The second-order valence-corrected chi connectivity index (χ2v) is 8.47. The van der Waals surface area contributed by atoms with Gasteiger partial charge in [0.1, 0.15) is 13.1 Å². The number of rotatable bonds is 18. The number of unbranched alkanes of at least 4 members (excludes halogenated alkanes) is 14. The van der Waals surface area contributed by atoms with Crippen LogP contribution in [0.4, 0.5) is 0 Å². The fraction of sp³-hybridized carbons (Fsp3) is 0.958. The summed E-state index contributed by atoms with van der Waals surface area (Å²) < 4.78 is 2.64. The van der Waals surface area contributed by atoms with Gasteiger partial charge in [-0.3, -0.25) is 9.48 Å². The van der Waals surface area contributed by atoms with Crippen molar-refractivity contribution in [2.45, 2.75) is 124 Å². The molecule has 0 amide bonds. The van der Waals surface area contributed by atoms with E-state index in [2.05, 4.69) is 30.2 Å². The Bertz CT molecular complexity index is 348. The van der Waals surface area contributed by atoms with Crippen molar-refractivity contribution in [3.8, 4) is 0 Å². The van der Waals surface area contributed by atoms with E-state index in [1.165, 1.54) is 129 Å². The zero-order chi connectivity index (χ0) is 18.9. The van der Waals surface area contributed by atoms with Crippen molar-refractivity contribution in [2.24, 2.45) is 0 Å². The first-order valence-electron chi connectivity index (χ1n) is 12.1. The van der Waals surface area contributed by atoms with Crippen molar-refractivity contribution in [3.63, 3.8) is 0 Å². The van der Waals surface area contributed by atoms with Gasteiger partial charge in [-0.2, -0.15) is 0 Å². The van der Waals surface area contributed by atoms with Crippen molar-refractivity contribution >= 4 is 5.84 Å². The van der Waals surface area contributed by atoms with Gasteiger partial charge in [0.2, 0.25) is 5.84 Å². The number of amidine groups is 1. The molecule has 1 rings (SSSR count). The molecule has 26 heavy (non-hydrogen) atoms. The Morgan fingerprint density at radius 3 is 1.65 bits per heavy atom. The maximum atomic E-state index is 2.64. The molecule has 0 aromatic carbocycles. The lowest BCUT2D eigenvalue weighted by Crippen LogP contribution is -2.28. The summed E-state index contributed by atoms with van der Waals surface area (Å²) in [6.45, 7) is 12.0. The van der Waals surface area contributed by atoms with Gasteiger partial charge in [0.15, 0.2) is 0 Å². The summed E-state index contributed by atoms with van der Waals surface area (Å²) in [5.74, 6) is 1.55. The third-order valence-corrected chi connectivity index (χ3v) is 6.12. The first-order valence-corrected chi connectivity index (χ1v) is 12.1. The van der Waals surface area contributed by atoms with E-state index in [-0.39, 0.29) is 0 Å². The van der Waals surface area contributed by atoms with Gasteiger partial charge in [0.25, 0.3) is 0 Å². The maximum Gasteiger partial charge on any atom is 0.243 e. The van der Waals surface area contributed by atoms with E-state index >= 15 is 0 Å². The first-order chi connectivity index (χ1) is 12.8. The summed E-state index contributed by atoms with van der Waals surface area (Å²) in [6, 6.07) is 0. The maximum absolute atomic E-state index is 2.64. The molecule has 2 heteroatoms. The van der Waals surface area contributed by atoms with Gasteiger partial charge in [-0.1, -0.05) is 90.9 Å². The van der Waals surface area contributed by atoms with Gasteiger partial charge < -0.3 is 0 Å². The van der Waals surface area contributed by atoms with Crippen LogP contribution in [-0.4, -0.2) is 41.5 Å². The zero-order valence-electron chi connectivity index (χ0n) is 18.5. The first kappa shape index (κ1) is 23.5. The molecule has 0 saturated carbocycles. The van der Waals surface area contributed by atoms with Crippen LogP contribution in [0.1, 0.15) is 124 Å². The Morgan fingerprint density at radius 2 is 1.12 bits per heavy atom. The normalized spacial score (nSPS) is 14.7. The van der Waals surface area contributed by atoms with Crippen molar-refractivity contribution < 1.29 is 4.58 Å². The Kier molecular flexibility index (Phi) is 15.0. The summed E-state index contributed by atoms with van der Waals surface area (Å²) >= 11 is 0. The molecule has 0 unspecified atom stereocenters. The molecule has 1 aliphatic rings. The summed E-state index contributed by atoms with van der Waals surface area (Å²) in [4.78, 5) is 2.64. The fourth-order valence-corrected chi connectivity index (χ4v) is 4.19. The van der Waals surface area contributed by atoms with Crippen molar-refractivity contribution in [3.05, 3.63) is 0 Å². The summed E-state index contributed by atoms with van der Waals surface area (Å²) in [6.07, 6.45) is 22.8. The minimum atomic E-state index is 1.26. The number of nitrogens with zero attached hydrogens (tertiary/aromatic N) is 2. The van der Waals surface area contributed by atoms with E-state index in [0.29, 0.717) is 0 Å². The minimum absolute atomic E-state index is 1.26. The van der Waals surface area contributed by atoms with Crippen LogP contribution >= 0.6 is 0 Å². The molecule has 0 saturated heterocycles. The average molecular weight is 366 g/mol. The van der Waals surface area contributed by atoms with Crippen LogP contribution in [0.2, 0.25) is 0 Å². The largest absolute Gasteiger partial charge is 0.262 e. The lowest BCUT2D eigenvalue weighted by Gasteiger charge is -2.10. The monoisotopic (exact) mass is 365 g/mol. The highest BCUT2D eigenvalue weighted by Crippen LogP contribution is 2.12. The molecular formula is C24H49N2+. The molecule has 0 bridgehead atoms. The molecule has 154 valence electrons. The fourth-order valence-electron chi connectivity index (χ4n) is 4.19. The van der Waals surface area contributed by atoms with Gasteiger partial charge in [-0.15, -0.1) is 0 Å². The third-order valence-electron chi connectivity index (χ3n) is 6.12. The van der Waals surface area contributed by atoms with Crippen molar-refractivity contribution in [2.75, 3.05) is 26.2 Å². The average Bonchev–Trinajstić information content (AvgIpc) is 2.99. The van der Waals surface area contributed by atoms with Crippen LogP contribution in [0.3, 0.4) is 0 Å². The molecule has 1 aliphatic heterocycles. The van der Waals surface area contributed by atoms with E-state index < -0.39 is 0 Å². The lowest BCUT2D eigenvalue weighted by molar-refractivity contribution is -0.519. The minimum Gasteiger partial charge on any atom is -0.262 e. The third kappa shape index (κ3) is 11.2. The van der Waals surface area contributed by atoms with Crippen LogP contribution < -0.4 is 0 Å². The molecule has 0 fully saturated rings. The van der Waals surface area contributed by atoms with Crippen molar-refractivity contribution in [1.82, 2.24) is 4.90 Å². The van der Waals surface area contributed by atoms with Gasteiger partial charge in [0, 0.05) is 6.92 Å². The topological polar surface area (TPSA) is 6.25 Å². The van der Waals surface area contributed by atoms with Crippen LogP contribution in [0, 0.1) is 0 Å². The molecule has 0 atom stereocenters. The standard InChI is InChI=1S/C24H49N2/c1-4-6-8-10-12-14-16-18-20-25-22-23-26(24(25)3)21-19-17-15-13-11-9-7-5-2/h4-23H2,1-3H3/q+1.